The van der Waals surface area contributed by atoms with Gasteiger partial charge in [-0.25, -0.2) is 4.79 Å². The number of carboxylic acid groups (broad SMARTS) is 1. The van der Waals surface area contributed by atoms with Crippen LogP contribution >= 0.6 is 12.4 Å². The van der Waals surface area contributed by atoms with E-state index in [1.54, 1.807) is 18.2 Å². The summed E-state index contributed by atoms with van der Waals surface area (Å²) in [6.07, 6.45) is -0.166. The van der Waals surface area contributed by atoms with Crippen molar-refractivity contribution in [2.24, 2.45) is 0 Å². The Balaban J connectivity index is 0.00000408. The molecular formula is C27H32ClNO5. The van der Waals surface area contributed by atoms with Crippen molar-refractivity contribution in [3.63, 3.8) is 0 Å². The van der Waals surface area contributed by atoms with Gasteiger partial charge in [-0.1, -0.05) is 60.7 Å². The highest BCUT2D eigenvalue weighted by Gasteiger charge is 2.15. The first-order valence-electron chi connectivity index (χ1n) is 11.1. The topological polar surface area (TPSA) is 99.0 Å². The van der Waals surface area contributed by atoms with Crippen molar-refractivity contribution >= 4 is 18.4 Å². The average molecular weight is 486 g/mol. The molecule has 182 valence electrons. The van der Waals surface area contributed by atoms with Gasteiger partial charge in [-0.15, -0.1) is 12.4 Å². The van der Waals surface area contributed by atoms with Crippen LogP contribution in [-0.4, -0.2) is 46.6 Å². The predicted octanol–water partition coefficient (Wildman–Crippen LogP) is 4.49. The minimum Gasteiger partial charge on any atom is -0.490 e. The van der Waals surface area contributed by atoms with Crippen molar-refractivity contribution < 1.29 is 24.9 Å². The number of carboxylic acids is 1. The van der Waals surface area contributed by atoms with Gasteiger partial charge in [-0.2, -0.15) is 0 Å². The molecule has 0 radical (unpaired) electrons. The lowest BCUT2D eigenvalue weighted by Crippen LogP contribution is -2.37. The minimum atomic E-state index is -1.02. The van der Waals surface area contributed by atoms with E-state index >= 15 is 0 Å². The van der Waals surface area contributed by atoms with E-state index in [2.05, 4.69) is 5.32 Å². The van der Waals surface area contributed by atoms with Gasteiger partial charge >= 0.3 is 5.97 Å². The third-order valence-electron chi connectivity index (χ3n) is 5.35. The summed E-state index contributed by atoms with van der Waals surface area (Å²) in [6, 6.07) is 22.2. The van der Waals surface area contributed by atoms with Gasteiger partial charge in [0.1, 0.15) is 11.3 Å². The van der Waals surface area contributed by atoms with Crippen LogP contribution in [0.3, 0.4) is 0 Å². The van der Waals surface area contributed by atoms with Gasteiger partial charge in [0, 0.05) is 12.6 Å². The van der Waals surface area contributed by atoms with E-state index < -0.39 is 12.1 Å². The second-order valence-corrected chi connectivity index (χ2v) is 8.30. The summed E-state index contributed by atoms with van der Waals surface area (Å²) in [6.45, 7) is 4.02. The van der Waals surface area contributed by atoms with Crippen molar-refractivity contribution in [2.45, 2.75) is 38.5 Å². The van der Waals surface area contributed by atoms with Crippen molar-refractivity contribution in [1.82, 2.24) is 5.32 Å². The fourth-order valence-corrected chi connectivity index (χ4v) is 3.62. The molecule has 0 aliphatic heterocycles. The molecular weight excluding hydrogens is 454 g/mol. The van der Waals surface area contributed by atoms with Gasteiger partial charge in [0.15, 0.2) is 0 Å². The van der Waals surface area contributed by atoms with Gasteiger partial charge in [-0.05, 0) is 54.7 Å². The van der Waals surface area contributed by atoms with E-state index in [9.17, 15) is 20.1 Å². The van der Waals surface area contributed by atoms with Crippen LogP contribution in [0.1, 0.15) is 41.4 Å². The van der Waals surface area contributed by atoms with E-state index in [1.807, 2.05) is 68.4 Å². The predicted molar refractivity (Wildman–Crippen MR) is 136 cm³/mol. The summed E-state index contributed by atoms with van der Waals surface area (Å²) in [7, 11) is 0. The zero-order valence-corrected chi connectivity index (χ0v) is 20.2. The number of aliphatic hydroxyl groups excluding tert-OH is 2. The smallest absolute Gasteiger partial charge is 0.339 e. The van der Waals surface area contributed by atoms with Crippen LogP contribution in [0.5, 0.6) is 5.75 Å². The largest absolute Gasteiger partial charge is 0.490 e. The first-order valence-corrected chi connectivity index (χ1v) is 11.1. The Morgan fingerprint density at radius 3 is 2.21 bits per heavy atom. The highest BCUT2D eigenvalue weighted by Crippen LogP contribution is 2.29. The van der Waals surface area contributed by atoms with E-state index in [1.165, 1.54) is 0 Å². The Kier molecular flexibility index (Phi) is 10.5. The SMILES string of the molecule is CC(C)Oc1cc(-c2ccc(C[C@@H](CO)NC[C@@H](O)c3ccccc3)cc2)ccc1C(=O)O.Cl. The summed E-state index contributed by atoms with van der Waals surface area (Å²) in [5.74, 6) is -0.673. The summed E-state index contributed by atoms with van der Waals surface area (Å²) in [5.41, 5.74) is 3.82. The number of carbonyl (C=O) groups is 1. The number of ether oxygens (including phenoxy) is 1. The number of halogens is 1. The Morgan fingerprint density at radius 2 is 1.62 bits per heavy atom. The molecule has 0 heterocycles. The maximum Gasteiger partial charge on any atom is 0.339 e. The number of aliphatic hydroxyl groups is 2. The molecule has 0 aromatic heterocycles. The molecule has 2 atom stereocenters. The van der Waals surface area contributed by atoms with Crippen LogP contribution in [0.2, 0.25) is 0 Å². The van der Waals surface area contributed by atoms with Crippen molar-refractivity contribution in [2.75, 3.05) is 13.2 Å². The van der Waals surface area contributed by atoms with Gasteiger partial charge in [0.05, 0.1) is 18.8 Å². The third-order valence-corrected chi connectivity index (χ3v) is 5.35. The number of nitrogens with one attached hydrogen (secondary N) is 1. The average Bonchev–Trinajstić information content (AvgIpc) is 2.82. The molecule has 0 aliphatic carbocycles. The maximum absolute atomic E-state index is 11.5. The number of aromatic carboxylic acids is 1. The molecule has 0 bridgehead atoms. The molecule has 0 fully saturated rings. The monoisotopic (exact) mass is 485 g/mol. The molecule has 0 saturated carbocycles. The number of hydrogen-bond donors (Lipinski definition) is 4. The zero-order chi connectivity index (χ0) is 23.8. The van der Waals surface area contributed by atoms with E-state index in [4.69, 9.17) is 4.74 Å². The van der Waals surface area contributed by atoms with Crippen LogP contribution in [0.25, 0.3) is 11.1 Å². The van der Waals surface area contributed by atoms with Gasteiger partial charge in [0.25, 0.3) is 0 Å². The van der Waals surface area contributed by atoms with Gasteiger partial charge in [0.2, 0.25) is 0 Å². The van der Waals surface area contributed by atoms with Gasteiger partial charge < -0.3 is 25.4 Å². The molecule has 0 saturated heterocycles. The molecule has 0 aliphatic rings. The van der Waals surface area contributed by atoms with E-state index in [0.717, 1.165) is 22.3 Å². The number of benzene rings is 3. The van der Waals surface area contributed by atoms with Crippen LogP contribution < -0.4 is 10.1 Å². The Labute approximate surface area is 206 Å². The Morgan fingerprint density at radius 1 is 0.971 bits per heavy atom. The van der Waals surface area contributed by atoms with Gasteiger partial charge in [-0.3, -0.25) is 0 Å². The zero-order valence-electron chi connectivity index (χ0n) is 19.3. The van der Waals surface area contributed by atoms with E-state index in [-0.39, 0.29) is 36.7 Å². The van der Waals surface area contributed by atoms with Crippen LogP contribution in [0.4, 0.5) is 0 Å². The third kappa shape index (κ3) is 7.57. The lowest BCUT2D eigenvalue weighted by atomic mass is 9.99. The van der Waals surface area contributed by atoms with Crippen molar-refractivity contribution in [3.8, 4) is 16.9 Å². The molecule has 3 aromatic carbocycles. The highest BCUT2D eigenvalue weighted by molar-refractivity contribution is 5.92. The van der Waals surface area contributed by atoms with Crippen LogP contribution in [-0.2, 0) is 6.42 Å². The fourth-order valence-electron chi connectivity index (χ4n) is 3.62. The van der Waals surface area contributed by atoms with Crippen LogP contribution in [0.15, 0.2) is 72.8 Å². The molecule has 7 heteroatoms. The Bertz CT molecular complexity index is 1040. The van der Waals surface area contributed by atoms with Crippen molar-refractivity contribution in [3.05, 3.63) is 89.5 Å². The molecule has 34 heavy (non-hydrogen) atoms. The molecule has 0 spiro atoms. The minimum absolute atomic E-state index is 0. The normalized spacial score (nSPS) is 12.6. The first kappa shape index (κ1) is 27.3. The maximum atomic E-state index is 11.5. The lowest BCUT2D eigenvalue weighted by Gasteiger charge is -2.19. The lowest BCUT2D eigenvalue weighted by molar-refractivity contribution is 0.0690. The first-order chi connectivity index (χ1) is 15.9. The molecule has 0 amide bonds. The highest BCUT2D eigenvalue weighted by atomic mass is 35.5. The molecule has 6 nitrogen and oxygen atoms in total. The van der Waals surface area contributed by atoms with Crippen LogP contribution in [0, 0.1) is 0 Å². The summed E-state index contributed by atoms with van der Waals surface area (Å²) < 4.78 is 5.70. The second kappa shape index (κ2) is 13.1. The quantitative estimate of drug-likeness (QED) is 0.319. The number of hydrogen-bond acceptors (Lipinski definition) is 5. The Hall–Kier alpha value is -2.90. The molecule has 0 unspecified atom stereocenters. The number of rotatable bonds is 11. The second-order valence-electron chi connectivity index (χ2n) is 8.30. The molecule has 3 rings (SSSR count). The summed E-state index contributed by atoms with van der Waals surface area (Å²) in [5, 5.41) is 32.7. The van der Waals surface area contributed by atoms with Crippen molar-refractivity contribution in [1.29, 1.82) is 0 Å². The standard InChI is InChI=1S/C27H31NO5.ClH/c1-18(2)33-26-15-22(12-13-24(26)27(31)32)20-10-8-19(9-11-20)14-23(17-29)28-16-25(30)21-6-4-3-5-7-21;/h3-13,15,18,23,25,28-30H,14,16-17H2,1-2H3,(H,31,32);1H/t23-,25+;/m0./s1. The fraction of sp³-hybridized carbons (Fsp3) is 0.296. The van der Waals surface area contributed by atoms with E-state index in [0.29, 0.717) is 18.7 Å². The summed E-state index contributed by atoms with van der Waals surface area (Å²) >= 11 is 0. The molecule has 3 aromatic rings. The molecule has 4 N–H and O–H groups in total. The summed E-state index contributed by atoms with van der Waals surface area (Å²) in [4.78, 5) is 11.5.